The van der Waals surface area contributed by atoms with Gasteiger partial charge in [0.1, 0.15) is 5.82 Å². The van der Waals surface area contributed by atoms with Crippen molar-refractivity contribution >= 4 is 11.8 Å². The number of amides is 2. The van der Waals surface area contributed by atoms with Crippen molar-refractivity contribution in [3.8, 4) is 0 Å². The van der Waals surface area contributed by atoms with Gasteiger partial charge in [0, 0.05) is 17.7 Å². The second-order valence-electron chi connectivity index (χ2n) is 4.54. The van der Waals surface area contributed by atoms with Gasteiger partial charge in [-0.1, -0.05) is 18.2 Å². The second-order valence-corrected chi connectivity index (χ2v) is 4.54. The van der Waals surface area contributed by atoms with Gasteiger partial charge < -0.3 is 11.1 Å². The van der Waals surface area contributed by atoms with Crippen LogP contribution in [0.15, 0.2) is 48.5 Å². The molecular formula is C16H15FN2O2. The molecule has 0 aliphatic rings. The topological polar surface area (TPSA) is 72.2 Å². The lowest BCUT2D eigenvalue weighted by Gasteiger charge is -2.06. The van der Waals surface area contributed by atoms with E-state index in [-0.39, 0.29) is 11.7 Å². The van der Waals surface area contributed by atoms with Crippen molar-refractivity contribution in [2.45, 2.75) is 6.42 Å². The molecule has 0 radical (unpaired) electrons. The van der Waals surface area contributed by atoms with E-state index in [0.717, 1.165) is 0 Å². The highest BCUT2D eigenvalue weighted by Gasteiger charge is 2.07. The number of carbonyl (C=O) groups is 2. The van der Waals surface area contributed by atoms with E-state index in [1.807, 2.05) is 0 Å². The summed E-state index contributed by atoms with van der Waals surface area (Å²) in [6.07, 6.45) is 0.414. The van der Waals surface area contributed by atoms with Crippen LogP contribution in [0.1, 0.15) is 26.3 Å². The Balaban J connectivity index is 1.90. The molecule has 0 fully saturated rings. The quantitative estimate of drug-likeness (QED) is 0.881. The van der Waals surface area contributed by atoms with Gasteiger partial charge in [0.2, 0.25) is 5.91 Å². The van der Waals surface area contributed by atoms with E-state index in [2.05, 4.69) is 5.32 Å². The molecule has 0 aromatic heterocycles. The molecule has 21 heavy (non-hydrogen) atoms. The molecule has 0 aliphatic carbocycles. The van der Waals surface area contributed by atoms with Crippen LogP contribution in [0.4, 0.5) is 4.39 Å². The number of halogens is 1. The fourth-order valence-corrected chi connectivity index (χ4v) is 1.90. The highest BCUT2D eigenvalue weighted by Crippen LogP contribution is 2.07. The van der Waals surface area contributed by atoms with E-state index >= 15 is 0 Å². The Labute approximate surface area is 121 Å². The molecule has 3 N–H and O–H groups in total. The molecule has 2 aromatic carbocycles. The van der Waals surface area contributed by atoms with E-state index in [1.54, 1.807) is 18.2 Å². The molecule has 0 aliphatic heterocycles. The molecule has 2 amide bonds. The van der Waals surface area contributed by atoms with Crippen LogP contribution in [0.5, 0.6) is 0 Å². The Bertz CT molecular complexity index is 654. The van der Waals surface area contributed by atoms with Crippen molar-refractivity contribution in [1.29, 1.82) is 0 Å². The maximum atomic E-state index is 13.4. The molecule has 0 heterocycles. The van der Waals surface area contributed by atoms with E-state index in [1.165, 1.54) is 30.3 Å². The number of nitrogens with one attached hydrogen (secondary N) is 1. The van der Waals surface area contributed by atoms with Crippen LogP contribution in [0.3, 0.4) is 0 Å². The Hall–Kier alpha value is -2.69. The normalized spacial score (nSPS) is 10.1. The van der Waals surface area contributed by atoms with E-state index in [0.29, 0.717) is 29.7 Å². The summed E-state index contributed by atoms with van der Waals surface area (Å²) in [4.78, 5) is 22.8. The Morgan fingerprint density at radius 3 is 2.24 bits per heavy atom. The van der Waals surface area contributed by atoms with Crippen LogP contribution < -0.4 is 11.1 Å². The first-order valence-electron chi connectivity index (χ1n) is 6.49. The number of carbonyl (C=O) groups excluding carboxylic acids is 2. The number of rotatable bonds is 5. The maximum Gasteiger partial charge on any atom is 0.251 e. The van der Waals surface area contributed by atoms with Crippen LogP contribution >= 0.6 is 0 Å². The number of primary amides is 1. The molecule has 0 saturated heterocycles. The zero-order chi connectivity index (χ0) is 15.2. The summed E-state index contributed by atoms with van der Waals surface area (Å²) < 4.78 is 13.4. The van der Waals surface area contributed by atoms with Gasteiger partial charge in [-0.2, -0.15) is 0 Å². The van der Waals surface area contributed by atoms with Crippen molar-refractivity contribution in [2.24, 2.45) is 5.73 Å². The molecular weight excluding hydrogens is 271 g/mol. The Kier molecular flexibility index (Phi) is 4.66. The fraction of sp³-hybridized carbons (Fsp3) is 0.125. The standard InChI is InChI=1S/C16H15FN2O2/c17-14-4-2-1-3-11(14)9-10-19-16(21)13-7-5-12(6-8-13)15(18)20/h1-8H,9-10H2,(H2,18,20)(H,19,21). The van der Waals surface area contributed by atoms with E-state index in [4.69, 9.17) is 5.73 Å². The molecule has 0 bridgehead atoms. The van der Waals surface area contributed by atoms with Gasteiger partial charge in [-0.15, -0.1) is 0 Å². The highest BCUT2D eigenvalue weighted by molar-refractivity contribution is 5.97. The van der Waals surface area contributed by atoms with Crippen LogP contribution in [-0.4, -0.2) is 18.4 Å². The van der Waals surface area contributed by atoms with Gasteiger partial charge in [-0.25, -0.2) is 4.39 Å². The third-order valence-corrected chi connectivity index (χ3v) is 3.07. The predicted octanol–water partition coefficient (Wildman–Crippen LogP) is 1.90. The van der Waals surface area contributed by atoms with Crippen molar-refractivity contribution in [3.05, 3.63) is 71.0 Å². The van der Waals surface area contributed by atoms with Crippen LogP contribution in [0.2, 0.25) is 0 Å². The molecule has 5 heteroatoms. The minimum atomic E-state index is -0.540. The minimum absolute atomic E-state index is 0.276. The Morgan fingerprint density at radius 2 is 1.62 bits per heavy atom. The summed E-state index contributed by atoms with van der Waals surface area (Å²) in [5.41, 5.74) is 6.45. The second kappa shape index (κ2) is 6.65. The first-order chi connectivity index (χ1) is 10.1. The monoisotopic (exact) mass is 286 g/mol. The molecule has 108 valence electrons. The zero-order valence-electron chi connectivity index (χ0n) is 11.3. The van der Waals surface area contributed by atoms with Gasteiger partial charge >= 0.3 is 0 Å². The summed E-state index contributed by atoms with van der Waals surface area (Å²) in [7, 11) is 0. The summed E-state index contributed by atoms with van der Waals surface area (Å²) in [6, 6.07) is 12.5. The van der Waals surface area contributed by atoms with Gasteiger partial charge in [0.15, 0.2) is 0 Å². The number of benzene rings is 2. The van der Waals surface area contributed by atoms with Crippen molar-refractivity contribution in [3.63, 3.8) is 0 Å². The molecule has 0 atom stereocenters. The van der Waals surface area contributed by atoms with Gasteiger partial charge in [0.05, 0.1) is 0 Å². The predicted molar refractivity (Wildman–Crippen MR) is 77.4 cm³/mol. The third kappa shape index (κ3) is 3.89. The first-order valence-corrected chi connectivity index (χ1v) is 6.49. The molecule has 2 aromatic rings. The summed E-state index contributed by atoms with van der Waals surface area (Å²) in [6.45, 7) is 0.331. The third-order valence-electron chi connectivity index (χ3n) is 3.07. The van der Waals surface area contributed by atoms with Gasteiger partial charge in [0.25, 0.3) is 5.91 Å². The molecule has 4 nitrogen and oxygen atoms in total. The first kappa shape index (κ1) is 14.7. The highest BCUT2D eigenvalue weighted by atomic mass is 19.1. The van der Waals surface area contributed by atoms with Crippen molar-refractivity contribution in [2.75, 3.05) is 6.54 Å². The number of nitrogens with two attached hydrogens (primary N) is 1. The molecule has 0 unspecified atom stereocenters. The smallest absolute Gasteiger partial charge is 0.251 e. The molecule has 0 saturated carbocycles. The van der Waals surface area contributed by atoms with Gasteiger partial charge in [-0.05, 0) is 42.3 Å². The van der Waals surface area contributed by atoms with Crippen LogP contribution in [0.25, 0.3) is 0 Å². The van der Waals surface area contributed by atoms with E-state index < -0.39 is 5.91 Å². The van der Waals surface area contributed by atoms with Crippen molar-refractivity contribution in [1.82, 2.24) is 5.32 Å². The minimum Gasteiger partial charge on any atom is -0.366 e. The molecule has 2 rings (SSSR count). The van der Waals surface area contributed by atoms with Gasteiger partial charge in [-0.3, -0.25) is 9.59 Å². The SMILES string of the molecule is NC(=O)c1ccc(C(=O)NCCc2ccccc2F)cc1. The van der Waals surface area contributed by atoms with Crippen LogP contribution in [0, 0.1) is 5.82 Å². The lowest BCUT2D eigenvalue weighted by atomic mass is 10.1. The fourth-order valence-electron chi connectivity index (χ4n) is 1.90. The molecule has 0 spiro atoms. The summed E-state index contributed by atoms with van der Waals surface area (Å²) >= 11 is 0. The van der Waals surface area contributed by atoms with Crippen LogP contribution in [-0.2, 0) is 6.42 Å². The van der Waals surface area contributed by atoms with E-state index in [9.17, 15) is 14.0 Å². The average Bonchev–Trinajstić information content (AvgIpc) is 2.49. The number of hydrogen-bond donors (Lipinski definition) is 2. The average molecular weight is 286 g/mol. The van der Waals surface area contributed by atoms with Crippen molar-refractivity contribution < 1.29 is 14.0 Å². The zero-order valence-corrected chi connectivity index (χ0v) is 11.3. The number of hydrogen-bond acceptors (Lipinski definition) is 2. The summed E-state index contributed by atoms with van der Waals surface area (Å²) in [5.74, 6) is -1.10. The Morgan fingerprint density at radius 1 is 1.00 bits per heavy atom. The maximum absolute atomic E-state index is 13.4. The lowest BCUT2D eigenvalue weighted by Crippen LogP contribution is -2.26. The summed E-state index contributed by atoms with van der Waals surface area (Å²) in [5, 5.41) is 2.70. The lowest BCUT2D eigenvalue weighted by molar-refractivity contribution is 0.0951. The largest absolute Gasteiger partial charge is 0.366 e.